The number of nitrogens with zero attached hydrogens (tertiary/aromatic N) is 2. The van der Waals surface area contributed by atoms with Gasteiger partial charge in [0.25, 0.3) is 5.91 Å². The first-order chi connectivity index (χ1) is 16.3. The van der Waals surface area contributed by atoms with Gasteiger partial charge in [0.15, 0.2) is 0 Å². The molecule has 1 aliphatic heterocycles. The summed E-state index contributed by atoms with van der Waals surface area (Å²) >= 11 is 0. The zero-order valence-electron chi connectivity index (χ0n) is 19.0. The number of amides is 1. The number of nitrogens with one attached hydrogen (secondary N) is 1. The Bertz CT molecular complexity index is 1290. The minimum Gasteiger partial charge on any atom is -0.497 e. The van der Waals surface area contributed by atoms with Crippen LogP contribution in [-0.2, 0) is 10.0 Å². The van der Waals surface area contributed by atoms with Gasteiger partial charge in [-0.05, 0) is 67.1 Å². The molecule has 0 spiro atoms. The molecule has 34 heavy (non-hydrogen) atoms. The van der Waals surface area contributed by atoms with Crippen LogP contribution in [0.25, 0.3) is 0 Å². The van der Waals surface area contributed by atoms with E-state index in [2.05, 4.69) is 10.2 Å². The summed E-state index contributed by atoms with van der Waals surface area (Å²) in [5.74, 6) is -0.650. The van der Waals surface area contributed by atoms with Crippen LogP contribution < -0.4 is 15.0 Å². The lowest BCUT2D eigenvalue weighted by molar-refractivity contribution is 0.102. The van der Waals surface area contributed by atoms with Crippen molar-refractivity contribution < 1.29 is 22.3 Å². The van der Waals surface area contributed by atoms with Gasteiger partial charge < -0.3 is 15.0 Å². The number of aryl methyl sites for hydroxylation is 1. The van der Waals surface area contributed by atoms with E-state index in [9.17, 15) is 17.6 Å². The summed E-state index contributed by atoms with van der Waals surface area (Å²) in [5, 5.41) is 2.72. The zero-order chi connectivity index (χ0) is 24.3. The zero-order valence-corrected chi connectivity index (χ0v) is 19.8. The van der Waals surface area contributed by atoms with Gasteiger partial charge in [0.2, 0.25) is 10.0 Å². The van der Waals surface area contributed by atoms with Gasteiger partial charge in [-0.15, -0.1) is 0 Å². The number of sulfonamides is 1. The van der Waals surface area contributed by atoms with E-state index in [-0.39, 0.29) is 18.7 Å². The standard InChI is InChI=1S/C25H26FN3O4S/c1-18-4-3-5-20(16-18)27-25(30)19-6-11-23(26)24(17-19)34(31,32)29-14-12-28(13-15-29)21-7-9-22(33-2)10-8-21/h3-11,16-17H,12-15H2,1-2H3,(H,27,30). The average molecular weight is 484 g/mol. The first kappa shape index (κ1) is 23.7. The molecule has 3 aromatic carbocycles. The molecular formula is C25H26FN3O4S. The molecule has 0 radical (unpaired) electrons. The smallest absolute Gasteiger partial charge is 0.255 e. The molecule has 1 N–H and O–H groups in total. The molecule has 4 rings (SSSR count). The van der Waals surface area contributed by atoms with Crippen LogP contribution in [0.3, 0.4) is 0 Å². The van der Waals surface area contributed by atoms with Crippen molar-refractivity contribution in [1.29, 1.82) is 0 Å². The Morgan fingerprint density at radius 1 is 0.971 bits per heavy atom. The van der Waals surface area contributed by atoms with Crippen molar-refractivity contribution in [2.45, 2.75) is 11.8 Å². The Morgan fingerprint density at radius 2 is 1.68 bits per heavy atom. The molecule has 0 unspecified atom stereocenters. The number of halogens is 1. The second-order valence-electron chi connectivity index (χ2n) is 8.06. The number of ether oxygens (including phenoxy) is 1. The predicted octanol–water partition coefficient (Wildman–Crippen LogP) is 3.91. The lowest BCUT2D eigenvalue weighted by atomic mass is 10.2. The Hall–Kier alpha value is -3.43. The van der Waals surface area contributed by atoms with Crippen molar-refractivity contribution in [3.8, 4) is 5.75 Å². The normalized spacial score (nSPS) is 14.6. The van der Waals surface area contributed by atoms with Gasteiger partial charge in [-0.2, -0.15) is 4.31 Å². The maximum atomic E-state index is 14.6. The minimum absolute atomic E-state index is 0.0679. The van der Waals surface area contributed by atoms with Crippen LogP contribution in [0.5, 0.6) is 5.75 Å². The Labute approximate surface area is 198 Å². The van der Waals surface area contributed by atoms with Crippen LogP contribution in [0.2, 0.25) is 0 Å². The molecule has 0 aliphatic carbocycles. The Morgan fingerprint density at radius 3 is 2.32 bits per heavy atom. The van der Waals surface area contributed by atoms with E-state index in [1.54, 1.807) is 25.3 Å². The Balaban J connectivity index is 1.49. The molecule has 1 aliphatic rings. The summed E-state index contributed by atoms with van der Waals surface area (Å²) < 4.78 is 47.5. The lowest BCUT2D eigenvalue weighted by Crippen LogP contribution is -2.48. The molecule has 1 amide bonds. The minimum atomic E-state index is -4.11. The SMILES string of the molecule is COc1ccc(N2CCN(S(=O)(=O)c3cc(C(=O)Nc4cccc(C)c4)ccc3F)CC2)cc1. The van der Waals surface area contributed by atoms with Gasteiger partial charge in [0.1, 0.15) is 16.5 Å². The second kappa shape index (κ2) is 9.82. The quantitative estimate of drug-likeness (QED) is 0.575. The molecule has 1 fully saturated rings. The molecular weight excluding hydrogens is 457 g/mol. The van der Waals surface area contributed by atoms with E-state index >= 15 is 0 Å². The van der Waals surface area contributed by atoms with Gasteiger partial charge in [-0.25, -0.2) is 12.8 Å². The second-order valence-corrected chi connectivity index (χ2v) is 9.96. The summed E-state index contributed by atoms with van der Waals surface area (Å²) in [5.41, 5.74) is 2.57. The Kier molecular flexibility index (Phi) is 6.85. The van der Waals surface area contributed by atoms with E-state index < -0.39 is 26.6 Å². The first-order valence-corrected chi connectivity index (χ1v) is 12.3. The molecule has 1 saturated heterocycles. The summed E-state index contributed by atoms with van der Waals surface area (Å²) in [7, 11) is -2.52. The average Bonchev–Trinajstić information content (AvgIpc) is 2.84. The molecule has 3 aromatic rings. The molecule has 0 bridgehead atoms. The van der Waals surface area contributed by atoms with E-state index in [4.69, 9.17) is 4.74 Å². The highest BCUT2D eigenvalue weighted by Gasteiger charge is 2.31. The van der Waals surface area contributed by atoms with Crippen molar-refractivity contribution in [1.82, 2.24) is 4.31 Å². The van der Waals surface area contributed by atoms with Gasteiger partial charge in [-0.3, -0.25) is 4.79 Å². The van der Waals surface area contributed by atoms with Crippen molar-refractivity contribution >= 4 is 27.3 Å². The van der Waals surface area contributed by atoms with Crippen LogP contribution in [0.4, 0.5) is 15.8 Å². The largest absolute Gasteiger partial charge is 0.497 e. The highest BCUT2D eigenvalue weighted by molar-refractivity contribution is 7.89. The summed E-state index contributed by atoms with van der Waals surface area (Å²) in [6, 6.07) is 18.2. The number of benzene rings is 3. The van der Waals surface area contributed by atoms with Crippen LogP contribution in [-0.4, -0.2) is 51.9 Å². The molecule has 0 atom stereocenters. The number of carbonyl (C=O) groups excluding carboxylic acids is 1. The maximum Gasteiger partial charge on any atom is 0.255 e. The van der Waals surface area contributed by atoms with Crippen molar-refractivity contribution in [3.05, 3.63) is 83.7 Å². The number of piperazine rings is 1. The fourth-order valence-electron chi connectivity index (χ4n) is 3.89. The van der Waals surface area contributed by atoms with Gasteiger partial charge in [0, 0.05) is 43.1 Å². The number of hydrogen-bond donors (Lipinski definition) is 1. The van der Waals surface area contributed by atoms with Crippen molar-refractivity contribution in [2.24, 2.45) is 0 Å². The number of anilines is 2. The fraction of sp³-hybridized carbons (Fsp3) is 0.240. The van der Waals surface area contributed by atoms with Crippen LogP contribution in [0, 0.1) is 12.7 Å². The predicted molar refractivity (Wildman–Crippen MR) is 129 cm³/mol. The number of carbonyl (C=O) groups is 1. The molecule has 7 nitrogen and oxygen atoms in total. The topological polar surface area (TPSA) is 79.0 Å². The van der Waals surface area contributed by atoms with Gasteiger partial charge in [-0.1, -0.05) is 12.1 Å². The van der Waals surface area contributed by atoms with E-state index in [1.165, 1.54) is 10.4 Å². The van der Waals surface area contributed by atoms with Crippen LogP contribution >= 0.6 is 0 Å². The van der Waals surface area contributed by atoms with Crippen molar-refractivity contribution in [3.63, 3.8) is 0 Å². The molecule has 0 saturated carbocycles. The number of methoxy groups -OCH3 is 1. The van der Waals surface area contributed by atoms with Gasteiger partial charge >= 0.3 is 0 Å². The third kappa shape index (κ3) is 5.05. The highest BCUT2D eigenvalue weighted by atomic mass is 32.2. The van der Waals surface area contributed by atoms with Crippen LogP contribution in [0.1, 0.15) is 15.9 Å². The first-order valence-electron chi connectivity index (χ1n) is 10.8. The van der Waals surface area contributed by atoms with E-state index in [1.807, 2.05) is 37.3 Å². The summed E-state index contributed by atoms with van der Waals surface area (Å²) in [6.45, 7) is 3.22. The molecule has 1 heterocycles. The lowest BCUT2D eigenvalue weighted by Gasteiger charge is -2.35. The molecule has 178 valence electrons. The summed E-state index contributed by atoms with van der Waals surface area (Å²) in [4.78, 5) is 14.2. The highest BCUT2D eigenvalue weighted by Crippen LogP contribution is 2.25. The molecule has 9 heteroatoms. The molecule has 0 aromatic heterocycles. The third-order valence-electron chi connectivity index (χ3n) is 5.76. The van der Waals surface area contributed by atoms with Crippen molar-refractivity contribution in [2.75, 3.05) is 43.5 Å². The summed E-state index contributed by atoms with van der Waals surface area (Å²) in [6.07, 6.45) is 0. The monoisotopic (exact) mass is 483 g/mol. The van der Waals surface area contributed by atoms with Gasteiger partial charge in [0.05, 0.1) is 7.11 Å². The third-order valence-corrected chi connectivity index (χ3v) is 7.68. The van der Waals surface area contributed by atoms with E-state index in [0.29, 0.717) is 18.8 Å². The maximum absolute atomic E-state index is 14.6. The fourth-order valence-corrected chi connectivity index (χ4v) is 5.40. The number of rotatable bonds is 6. The van der Waals surface area contributed by atoms with Crippen LogP contribution in [0.15, 0.2) is 71.6 Å². The number of hydrogen-bond acceptors (Lipinski definition) is 5. The van der Waals surface area contributed by atoms with E-state index in [0.717, 1.165) is 29.1 Å².